The van der Waals surface area contributed by atoms with Crippen LogP contribution in [0.3, 0.4) is 0 Å². The van der Waals surface area contributed by atoms with E-state index < -0.39 is 40.1 Å². The molecular formula is C34H36F6O6P2Ru+2. The Balaban J connectivity index is 0.00000100. The number of aliphatic hydroxyl groups excluding tert-OH is 2. The van der Waals surface area contributed by atoms with E-state index in [2.05, 4.69) is 121 Å². The zero-order chi connectivity index (χ0) is 36.0. The topological polar surface area (TPSA) is 121 Å². The number of halogens is 6. The Labute approximate surface area is 296 Å². The molecule has 6 nitrogen and oxygen atoms in total. The summed E-state index contributed by atoms with van der Waals surface area (Å²) in [7, 11) is -1.43. The molecular weight excluding hydrogens is 781 g/mol. The SMILES string of the molecule is O=C([O-])C(F)(F)F.O=C([O-])C(F)(F)F.OCCO.[Ru+2].c1ccc([PH+](CCCC[PH+](c2ccccc2)c2ccccc2)c2ccccc2)cc1. The molecule has 0 aliphatic rings. The summed E-state index contributed by atoms with van der Waals surface area (Å²) in [5, 5.41) is 39.0. The number of benzene rings is 4. The van der Waals surface area contributed by atoms with Crippen LogP contribution < -0.4 is 31.4 Å². The van der Waals surface area contributed by atoms with Crippen LogP contribution in [0.1, 0.15) is 12.8 Å². The van der Waals surface area contributed by atoms with Gasteiger partial charge in [-0.25, -0.2) is 0 Å². The predicted octanol–water partition coefficient (Wildman–Crippen LogP) is 3.06. The molecule has 0 bridgehead atoms. The first-order valence-electron chi connectivity index (χ1n) is 14.4. The van der Waals surface area contributed by atoms with Crippen molar-refractivity contribution in [3.63, 3.8) is 0 Å². The molecule has 0 aliphatic carbocycles. The second kappa shape index (κ2) is 24.9. The minimum absolute atomic E-state index is 0. The van der Waals surface area contributed by atoms with Gasteiger partial charge in [-0.1, -0.05) is 72.8 Å². The zero-order valence-electron chi connectivity index (χ0n) is 25.9. The van der Waals surface area contributed by atoms with Crippen molar-refractivity contribution in [3.8, 4) is 0 Å². The normalized spacial score (nSPS) is 10.7. The Kier molecular flexibility index (Phi) is 23.2. The van der Waals surface area contributed by atoms with E-state index in [9.17, 15) is 26.3 Å². The van der Waals surface area contributed by atoms with Gasteiger partial charge in [-0.05, 0) is 61.4 Å². The van der Waals surface area contributed by atoms with Crippen molar-refractivity contribution in [3.05, 3.63) is 121 Å². The molecule has 0 radical (unpaired) electrons. The monoisotopic (exact) mass is 818 g/mol. The molecule has 0 amide bonds. The maximum atomic E-state index is 10.5. The number of aliphatic hydroxyl groups is 2. The quantitative estimate of drug-likeness (QED) is 0.110. The summed E-state index contributed by atoms with van der Waals surface area (Å²) in [4.78, 5) is 17.6. The zero-order valence-corrected chi connectivity index (χ0v) is 29.7. The summed E-state index contributed by atoms with van der Waals surface area (Å²) in [5.74, 6) is -6.01. The van der Waals surface area contributed by atoms with Gasteiger partial charge in [-0.2, -0.15) is 26.3 Å². The number of rotatable bonds is 10. The van der Waals surface area contributed by atoms with Gasteiger partial charge in [0.05, 0.1) is 62.6 Å². The van der Waals surface area contributed by atoms with Crippen molar-refractivity contribution in [1.82, 2.24) is 0 Å². The molecule has 266 valence electrons. The average Bonchev–Trinajstić information content (AvgIpc) is 3.08. The molecule has 4 aromatic rings. The van der Waals surface area contributed by atoms with E-state index in [1.807, 2.05) is 0 Å². The fraction of sp³-hybridized carbons (Fsp3) is 0.235. The van der Waals surface area contributed by atoms with Gasteiger partial charge in [-0.3, -0.25) is 0 Å². The molecule has 2 N–H and O–H groups in total. The minimum Gasteiger partial charge on any atom is -0.542 e. The third-order valence-electron chi connectivity index (χ3n) is 6.16. The predicted molar refractivity (Wildman–Crippen MR) is 176 cm³/mol. The summed E-state index contributed by atoms with van der Waals surface area (Å²) in [6.45, 7) is -0.250. The summed E-state index contributed by atoms with van der Waals surface area (Å²) < 4.78 is 63.1. The van der Waals surface area contributed by atoms with Crippen LogP contribution in [-0.2, 0) is 29.1 Å². The van der Waals surface area contributed by atoms with Crippen LogP contribution in [0.2, 0.25) is 0 Å². The fourth-order valence-corrected chi connectivity index (χ4v) is 9.48. The van der Waals surface area contributed by atoms with E-state index in [1.165, 1.54) is 46.4 Å². The number of carbonyl (C=O) groups excluding carboxylic acids is 2. The number of carbonyl (C=O) groups is 2. The first-order valence-corrected chi connectivity index (χ1v) is 17.8. The smallest absolute Gasteiger partial charge is 0.542 e. The molecule has 4 rings (SSSR count). The fourth-order valence-electron chi connectivity index (χ4n) is 4.07. The summed E-state index contributed by atoms with van der Waals surface area (Å²) in [6.07, 6.45) is -5.19. The van der Waals surface area contributed by atoms with E-state index in [1.54, 1.807) is 0 Å². The van der Waals surface area contributed by atoms with Gasteiger partial charge in [0.25, 0.3) is 0 Å². The number of carboxylic acid groups (broad SMARTS) is 2. The Morgan fingerprint density at radius 2 is 0.673 bits per heavy atom. The van der Waals surface area contributed by atoms with E-state index in [0.29, 0.717) is 0 Å². The summed E-state index contributed by atoms with van der Waals surface area (Å²) in [6, 6.07) is 44.6. The van der Waals surface area contributed by atoms with Crippen LogP contribution in [0.15, 0.2) is 121 Å². The van der Waals surface area contributed by atoms with E-state index in [4.69, 9.17) is 30.0 Å². The molecule has 0 spiro atoms. The van der Waals surface area contributed by atoms with Crippen molar-refractivity contribution in [1.29, 1.82) is 0 Å². The van der Waals surface area contributed by atoms with Crippen molar-refractivity contribution in [2.45, 2.75) is 25.2 Å². The van der Waals surface area contributed by atoms with Crippen LogP contribution in [-0.4, -0.2) is 60.0 Å². The molecule has 0 saturated heterocycles. The Morgan fingerprint density at radius 3 is 0.816 bits per heavy atom. The first-order chi connectivity index (χ1) is 22.7. The Bertz CT molecular complexity index is 1250. The number of hydrogen-bond donors (Lipinski definition) is 2. The van der Waals surface area contributed by atoms with Crippen LogP contribution in [0, 0.1) is 0 Å². The van der Waals surface area contributed by atoms with Gasteiger partial charge in [0, 0.05) is 0 Å². The van der Waals surface area contributed by atoms with E-state index >= 15 is 0 Å². The van der Waals surface area contributed by atoms with Crippen molar-refractivity contribution < 1.29 is 75.8 Å². The van der Waals surface area contributed by atoms with E-state index in [0.717, 1.165) is 0 Å². The Hall–Kier alpha value is -3.20. The molecule has 0 atom stereocenters. The van der Waals surface area contributed by atoms with Gasteiger partial charge in [0.2, 0.25) is 0 Å². The second-order valence-corrected chi connectivity index (χ2v) is 14.9. The maximum absolute atomic E-state index is 10.5. The number of aliphatic carboxylic acids is 2. The molecule has 0 aromatic heterocycles. The largest absolute Gasteiger partial charge is 2.00 e. The molecule has 0 fully saturated rings. The van der Waals surface area contributed by atoms with Crippen molar-refractivity contribution >= 4 is 49.0 Å². The molecule has 0 unspecified atom stereocenters. The molecule has 0 heterocycles. The maximum Gasteiger partial charge on any atom is 2.00 e. The van der Waals surface area contributed by atoms with Crippen molar-refractivity contribution in [2.24, 2.45) is 0 Å². The summed E-state index contributed by atoms with van der Waals surface area (Å²) in [5.41, 5.74) is 0. The molecule has 0 aliphatic heterocycles. The van der Waals surface area contributed by atoms with Gasteiger partial charge in [-0.15, -0.1) is 0 Å². The number of unbranched alkanes of at least 4 members (excludes halogenated alkanes) is 1. The van der Waals surface area contributed by atoms with Gasteiger partial charge in [0.15, 0.2) is 0 Å². The van der Waals surface area contributed by atoms with E-state index in [-0.39, 0.29) is 32.7 Å². The number of hydrogen-bond acceptors (Lipinski definition) is 6. The van der Waals surface area contributed by atoms with Crippen LogP contribution >= 0.6 is 15.8 Å². The minimum atomic E-state index is -5.19. The van der Waals surface area contributed by atoms with Gasteiger partial charge in [0.1, 0.15) is 11.9 Å². The van der Waals surface area contributed by atoms with Crippen LogP contribution in [0.4, 0.5) is 26.3 Å². The first kappa shape index (κ1) is 45.8. The second-order valence-electron chi connectivity index (χ2n) is 9.65. The average molecular weight is 818 g/mol. The van der Waals surface area contributed by atoms with Crippen LogP contribution in [0.5, 0.6) is 0 Å². The number of carboxylic acids is 2. The molecule has 49 heavy (non-hydrogen) atoms. The van der Waals surface area contributed by atoms with Crippen LogP contribution in [0.25, 0.3) is 0 Å². The van der Waals surface area contributed by atoms with Crippen molar-refractivity contribution in [2.75, 3.05) is 25.5 Å². The van der Waals surface area contributed by atoms with Gasteiger partial charge < -0.3 is 30.0 Å². The standard InChI is InChI=1S/C28H28P2.2C2HF3O2.C2H6O2.Ru/c1-5-15-25(16-6-1)29(26-17-7-2-8-18-26)23-13-14-24-30(27-19-9-3-10-20-27)28-21-11-4-12-22-28;2*3-2(4,5)1(6)7;3-1-2-4;/h1-12,15-22H,13-14,23-24H2;2*(H,6,7);3-4H,1-2H2;/q;;;;+2. The molecule has 15 heteroatoms. The Morgan fingerprint density at radius 1 is 0.490 bits per heavy atom. The number of alkyl halides is 6. The third-order valence-corrected chi connectivity index (χ3v) is 12.0. The van der Waals surface area contributed by atoms with Gasteiger partial charge >= 0.3 is 31.8 Å². The summed E-state index contributed by atoms with van der Waals surface area (Å²) >= 11 is 0. The molecule has 4 aromatic carbocycles. The molecule has 0 saturated carbocycles. The third kappa shape index (κ3) is 19.5.